The number of para-hydroxylation sites is 1. The number of ether oxygens (including phenoxy) is 3. The molecular weight excluding hydrogens is 515 g/mol. The average Bonchev–Trinajstić information content (AvgIpc) is 3.28. The van der Waals surface area contributed by atoms with E-state index < -0.39 is 0 Å². The van der Waals surface area contributed by atoms with Crippen LogP contribution in [-0.4, -0.2) is 43.6 Å². The van der Waals surface area contributed by atoms with E-state index in [0.29, 0.717) is 0 Å². The second-order valence-electron chi connectivity index (χ2n) is 8.15. The zero-order valence-electron chi connectivity index (χ0n) is 19.3. The van der Waals surface area contributed by atoms with Gasteiger partial charge in [0, 0.05) is 29.3 Å². The molecule has 0 saturated carbocycles. The Hall–Kier alpha value is -2.74. The number of halogens is 1. The predicted octanol–water partition coefficient (Wildman–Crippen LogP) is 2.43. The topological polar surface area (TPSA) is 46.5 Å². The van der Waals surface area contributed by atoms with Crippen molar-refractivity contribution < 1.29 is 42.8 Å². The molecule has 1 aliphatic heterocycles. The first kappa shape index (κ1) is 23.9. The van der Waals surface area contributed by atoms with E-state index in [9.17, 15) is 0 Å². The number of hydrogen-bond acceptors (Lipinski definition) is 3. The molecule has 0 atom stereocenters. The van der Waals surface area contributed by atoms with Crippen LogP contribution in [0.2, 0.25) is 0 Å². The molecule has 0 aliphatic carbocycles. The summed E-state index contributed by atoms with van der Waals surface area (Å²) in [4.78, 5) is 3.48. The molecule has 1 aliphatic rings. The molecule has 5 nitrogen and oxygen atoms in total. The normalized spacial score (nSPS) is 14.3. The minimum absolute atomic E-state index is 0. The van der Waals surface area contributed by atoms with Gasteiger partial charge in [-0.25, -0.2) is 0 Å². The summed E-state index contributed by atoms with van der Waals surface area (Å²) >= 11 is 0. The van der Waals surface area contributed by atoms with Crippen molar-refractivity contribution >= 4 is 17.5 Å². The van der Waals surface area contributed by atoms with Crippen molar-refractivity contribution in [1.82, 2.24) is 4.98 Å². The number of fused-ring (bicyclic) bond motifs is 1. The first-order chi connectivity index (χ1) is 14.9. The van der Waals surface area contributed by atoms with Crippen molar-refractivity contribution in [3.8, 4) is 28.5 Å². The van der Waals surface area contributed by atoms with Crippen LogP contribution < -0.4 is 38.2 Å². The zero-order chi connectivity index (χ0) is 22.2. The van der Waals surface area contributed by atoms with Crippen LogP contribution in [0.1, 0.15) is 25.1 Å². The monoisotopic (exact) mass is 544 g/mol. The van der Waals surface area contributed by atoms with E-state index >= 15 is 0 Å². The van der Waals surface area contributed by atoms with Gasteiger partial charge < -0.3 is 43.2 Å². The average molecular weight is 544 g/mol. The summed E-state index contributed by atoms with van der Waals surface area (Å²) in [5.41, 5.74) is 6.43. The molecule has 0 saturated heterocycles. The van der Waals surface area contributed by atoms with Crippen LogP contribution in [-0.2, 0) is 5.41 Å². The third-order valence-electron chi connectivity index (χ3n) is 6.08. The maximum atomic E-state index is 5.66. The molecule has 32 heavy (non-hydrogen) atoms. The molecule has 0 bridgehead atoms. The molecule has 3 aromatic rings. The second-order valence-corrected chi connectivity index (χ2v) is 8.15. The number of hydrogen-bond donors (Lipinski definition) is 1. The van der Waals surface area contributed by atoms with E-state index in [1.54, 1.807) is 21.3 Å². The van der Waals surface area contributed by atoms with Gasteiger partial charge in [-0.1, -0.05) is 18.2 Å². The number of methoxy groups -OCH3 is 3. The Morgan fingerprint density at radius 3 is 2.25 bits per heavy atom. The van der Waals surface area contributed by atoms with Crippen molar-refractivity contribution in [3.63, 3.8) is 0 Å². The van der Waals surface area contributed by atoms with Crippen LogP contribution in [0.5, 0.6) is 17.2 Å². The van der Waals surface area contributed by atoms with Crippen molar-refractivity contribution in [2.24, 2.45) is 0 Å². The van der Waals surface area contributed by atoms with Crippen molar-refractivity contribution in [2.45, 2.75) is 19.3 Å². The Morgan fingerprint density at radius 2 is 1.59 bits per heavy atom. The molecule has 0 fully saturated rings. The van der Waals surface area contributed by atoms with Crippen LogP contribution in [0.4, 0.5) is 5.69 Å². The van der Waals surface area contributed by atoms with E-state index in [0.717, 1.165) is 34.2 Å². The molecule has 0 amide bonds. The highest BCUT2D eigenvalue weighted by molar-refractivity contribution is 6.05. The molecule has 4 rings (SSSR count). The molecule has 2 heterocycles. The standard InChI is InChI=1S/C26H28N2O3.HI/c1-26(2)19-9-7-8-10-22(19)28(3)25(26)14-12-20-24(31-6)16-21(27-20)18-15-17(29-4)11-13-23(18)30-5;/h7-16H,1-6H3;1H. The fourth-order valence-electron chi connectivity index (χ4n) is 4.38. The van der Waals surface area contributed by atoms with Gasteiger partial charge in [0.15, 0.2) is 5.71 Å². The molecule has 0 spiro atoms. The summed E-state index contributed by atoms with van der Waals surface area (Å²) in [6, 6.07) is 16.3. The predicted molar refractivity (Wildman–Crippen MR) is 125 cm³/mol. The van der Waals surface area contributed by atoms with Gasteiger partial charge >= 0.3 is 0 Å². The first-order valence-corrected chi connectivity index (χ1v) is 10.3. The highest BCUT2D eigenvalue weighted by atomic mass is 127. The highest BCUT2D eigenvalue weighted by Gasteiger charge is 2.42. The van der Waals surface area contributed by atoms with E-state index in [1.165, 1.54) is 17.0 Å². The second kappa shape index (κ2) is 9.40. The van der Waals surface area contributed by atoms with Crippen molar-refractivity contribution in [2.75, 3.05) is 28.4 Å². The van der Waals surface area contributed by atoms with Crippen LogP contribution in [0.15, 0.2) is 54.6 Å². The summed E-state index contributed by atoms with van der Waals surface area (Å²) in [5.74, 6) is 2.30. The summed E-state index contributed by atoms with van der Waals surface area (Å²) in [6.45, 7) is 4.51. The minimum Gasteiger partial charge on any atom is -1.00 e. The molecule has 2 aromatic carbocycles. The van der Waals surface area contributed by atoms with Gasteiger partial charge in [-0.2, -0.15) is 4.58 Å². The van der Waals surface area contributed by atoms with Gasteiger partial charge in [0.1, 0.15) is 24.3 Å². The number of aromatic nitrogens is 1. The Labute approximate surface area is 206 Å². The summed E-state index contributed by atoms with van der Waals surface area (Å²) in [5, 5.41) is 0. The lowest BCUT2D eigenvalue weighted by atomic mass is 9.81. The Bertz CT molecular complexity index is 1190. The third-order valence-corrected chi connectivity index (χ3v) is 6.08. The molecule has 168 valence electrons. The minimum atomic E-state index is -0.0828. The maximum absolute atomic E-state index is 5.66. The highest BCUT2D eigenvalue weighted by Crippen LogP contribution is 2.40. The van der Waals surface area contributed by atoms with E-state index in [1.807, 2.05) is 24.3 Å². The van der Waals surface area contributed by atoms with Crippen LogP contribution in [0, 0.1) is 0 Å². The lowest BCUT2D eigenvalue weighted by Gasteiger charge is -2.15. The zero-order valence-corrected chi connectivity index (χ0v) is 21.5. The van der Waals surface area contributed by atoms with Gasteiger partial charge in [0.2, 0.25) is 5.69 Å². The molecule has 0 radical (unpaired) electrons. The third kappa shape index (κ3) is 4.03. The lowest BCUT2D eigenvalue weighted by Crippen LogP contribution is -3.00. The summed E-state index contributed by atoms with van der Waals surface area (Å²) in [6.07, 6.45) is 4.25. The van der Waals surface area contributed by atoms with Gasteiger partial charge in [0.25, 0.3) is 0 Å². The number of nitrogens with zero attached hydrogens (tertiary/aromatic N) is 1. The number of rotatable bonds is 6. The Balaban J connectivity index is 0.00000289. The first-order valence-electron chi connectivity index (χ1n) is 10.3. The van der Waals surface area contributed by atoms with E-state index in [2.05, 4.69) is 66.9 Å². The maximum Gasteiger partial charge on any atom is 0.209 e. The number of nitrogens with one attached hydrogen (secondary N) is 1. The number of benzene rings is 2. The van der Waals surface area contributed by atoms with Crippen molar-refractivity contribution in [3.05, 3.63) is 65.9 Å². The fourth-order valence-corrected chi connectivity index (χ4v) is 4.38. The SMILES string of the molecule is COc1ccc(OC)c(-c2cc(OC)c(/C=C/C3=[N+](C)c4ccccc4C3(C)C)[nH]2)c1.[I-]. The van der Waals surface area contributed by atoms with Gasteiger partial charge in [-0.15, -0.1) is 0 Å². The summed E-state index contributed by atoms with van der Waals surface area (Å²) in [7, 11) is 7.12. The molecule has 6 heteroatoms. The van der Waals surface area contributed by atoms with Crippen LogP contribution >= 0.6 is 0 Å². The number of H-pyrrole nitrogens is 1. The largest absolute Gasteiger partial charge is 1.00 e. The van der Waals surface area contributed by atoms with E-state index in [4.69, 9.17) is 14.2 Å². The fraction of sp³-hybridized carbons (Fsp3) is 0.269. The molecule has 1 N–H and O–H groups in total. The van der Waals surface area contributed by atoms with E-state index in [-0.39, 0.29) is 29.4 Å². The number of allylic oxidation sites excluding steroid dienone is 1. The van der Waals surface area contributed by atoms with Gasteiger partial charge in [-0.05, 0) is 38.1 Å². The molecule has 0 unspecified atom stereocenters. The lowest BCUT2D eigenvalue weighted by molar-refractivity contribution is -0.401. The van der Waals surface area contributed by atoms with Gasteiger partial charge in [0.05, 0.1) is 38.1 Å². The smallest absolute Gasteiger partial charge is 0.209 e. The van der Waals surface area contributed by atoms with Crippen LogP contribution in [0.3, 0.4) is 0 Å². The summed E-state index contributed by atoms with van der Waals surface area (Å²) < 4.78 is 18.9. The Morgan fingerprint density at radius 1 is 0.875 bits per heavy atom. The van der Waals surface area contributed by atoms with Gasteiger partial charge in [-0.3, -0.25) is 0 Å². The molecular formula is C26H29IN2O3. The Kier molecular flexibility index (Phi) is 7.03. The molecule has 1 aromatic heterocycles. The van der Waals surface area contributed by atoms with Crippen molar-refractivity contribution in [1.29, 1.82) is 0 Å². The quantitative estimate of drug-likeness (QED) is 0.383. The van der Waals surface area contributed by atoms with Crippen LogP contribution in [0.25, 0.3) is 17.3 Å². The number of aromatic amines is 1.